The quantitative estimate of drug-likeness (QED) is 0.298. The maximum Gasteiger partial charge on any atom is 0.333 e. The van der Waals surface area contributed by atoms with E-state index in [1.54, 1.807) is 6.92 Å². The molecular formula is C13H28O3Si2. The van der Waals surface area contributed by atoms with E-state index in [4.69, 9.17) is 9.16 Å². The Labute approximate surface area is 115 Å². The summed E-state index contributed by atoms with van der Waals surface area (Å²) in [6.45, 7) is 16.8. The van der Waals surface area contributed by atoms with Gasteiger partial charge in [-0.25, -0.2) is 4.79 Å². The van der Waals surface area contributed by atoms with Gasteiger partial charge >= 0.3 is 5.97 Å². The number of carbonyl (C=O) groups excluding carboxylic acids is 1. The van der Waals surface area contributed by atoms with Crippen LogP contribution in [-0.4, -0.2) is 35.6 Å². The Morgan fingerprint density at radius 3 is 2.33 bits per heavy atom. The van der Waals surface area contributed by atoms with Gasteiger partial charge in [-0.3, -0.25) is 0 Å². The molecule has 0 saturated carbocycles. The number of hydrogen-bond acceptors (Lipinski definition) is 3. The molecule has 0 aliphatic rings. The Bertz CT molecular complexity index is 293. The molecule has 18 heavy (non-hydrogen) atoms. The maximum absolute atomic E-state index is 11.2. The van der Waals surface area contributed by atoms with Crippen LogP contribution in [0, 0.1) is 0 Å². The maximum atomic E-state index is 11.2. The van der Waals surface area contributed by atoms with Crippen molar-refractivity contribution in [3.05, 3.63) is 12.2 Å². The highest BCUT2D eigenvalue weighted by Gasteiger charge is 2.26. The van der Waals surface area contributed by atoms with Gasteiger partial charge in [0.25, 0.3) is 0 Å². The van der Waals surface area contributed by atoms with Crippen LogP contribution in [0.5, 0.6) is 0 Å². The molecule has 106 valence electrons. The summed E-state index contributed by atoms with van der Waals surface area (Å²) >= 11 is 0. The normalized spacial score (nSPS) is 13.0. The van der Waals surface area contributed by atoms with Crippen LogP contribution in [0.3, 0.4) is 0 Å². The van der Waals surface area contributed by atoms with Gasteiger partial charge in [-0.1, -0.05) is 12.6 Å². The van der Waals surface area contributed by atoms with Crippen LogP contribution in [0.25, 0.3) is 0 Å². The van der Waals surface area contributed by atoms with Gasteiger partial charge < -0.3 is 9.16 Å². The molecule has 3 nitrogen and oxygen atoms in total. The van der Waals surface area contributed by atoms with Gasteiger partial charge in [-0.05, 0) is 46.8 Å². The summed E-state index contributed by atoms with van der Waals surface area (Å²) in [5, 5.41) is 0.0584. The Balaban J connectivity index is 3.78. The summed E-state index contributed by atoms with van der Waals surface area (Å²) in [5.41, 5.74) is 0.467. The van der Waals surface area contributed by atoms with E-state index in [0.717, 1.165) is 12.5 Å². The average molecular weight is 289 g/mol. The Morgan fingerprint density at radius 2 is 1.89 bits per heavy atom. The first kappa shape index (κ1) is 17.6. The summed E-state index contributed by atoms with van der Waals surface area (Å²) in [6, 6.07) is 1.14. The number of rotatable bonds is 8. The van der Waals surface area contributed by atoms with E-state index in [-0.39, 0.29) is 20.7 Å². The van der Waals surface area contributed by atoms with Gasteiger partial charge in [-0.2, -0.15) is 0 Å². The molecule has 0 unspecified atom stereocenters. The molecule has 0 aromatic rings. The van der Waals surface area contributed by atoms with Crippen LogP contribution in [0.2, 0.25) is 25.7 Å². The summed E-state index contributed by atoms with van der Waals surface area (Å²) in [6.07, 6.45) is 0.934. The topological polar surface area (TPSA) is 35.5 Å². The second kappa shape index (κ2) is 7.26. The molecule has 0 aliphatic heterocycles. The second-order valence-corrected chi connectivity index (χ2v) is 13.7. The lowest BCUT2D eigenvalue weighted by Gasteiger charge is -2.33. The fourth-order valence-electron chi connectivity index (χ4n) is 1.82. The van der Waals surface area contributed by atoms with Crippen molar-refractivity contribution < 1.29 is 14.0 Å². The number of carbonyl (C=O) groups is 1. The van der Waals surface area contributed by atoms with E-state index in [2.05, 4.69) is 40.1 Å². The van der Waals surface area contributed by atoms with Gasteiger partial charge in [0.2, 0.25) is 0 Å². The van der Waals surface area contributed by atoms with Crippen molar-refractivity contribution in [2.45, 2.75) is 58.1 Å². The van der Waals surface area contributed by atoms with Crippen molar-refractivity contribution >= 4 is 23.8 Å². The van der Waals surface area contributed by atoms with Crippen LogP contribution in [-0.2, 0) is 14.0 Å². The van der Waals surface area contributed by atoms with Crippen molar-refractivity contribution in [3.8, 4) is 0 Å². The van der Waals surface area contributed by atoms with Gasteiger partial charge in [0.05, 0.1) is 16.1 Å². The predicted octanol–water partition coefficient (Wildman–Crippen LogP) is 2.67. The van der Waals surface area contributed by atoms with E-state index in [1.807, 2.05) is 0 Å². The Hall–Kier alpha value is -0.396. The SMILES string of the molecule is C=C(C)C(=O)OCCC[SiH2]C(C)(C)O[Si](C)(C)C. The molecule has 0 radical (unpaired) electrons. The van der Waals surface area contributed by atoms with Crippen molar-refractivity contribution in [2.24, 2.45) is 0 Å². The van der Waals surface area contributed by atoms with E-state index in [0.29, 0.717) is 12.2 Å². The zero-order chi connectivity index (χ0) is 14.4. The lowest BCUT2D eigenvalue weighted by atomic mass is 10.4. The van der Waals surface area contributed by atoms with E-state index in [9.17, 15) is 4.79 Å². The minimum atomic E-state index is -1.46. The molecule has 5 heteroatoms. The molecule has 0 N–H and O–H groups in total. The van der Waals surface area contributed by atoms with Gasteiger partial charge in [0, 0.05) is 10.8 Å². The highest BCUT2D eigenvalue weighted by Crippen LogP contribution is 2.17. The molecule has 0 spiro atoms. The lowest BCUT2D eigenvalue weighted by Crippen LogP contribution is -2.42. The first-order chi connectivity index (χ1) is 8.03. The molecule has 0 amide bonds. The summed E-state index contributed by atoms with van der Waals surface area (Å²) in [7, 11) is -1.76. The third-order valence-electron chi connectivity index (χ3n) is 2.34. The molecule has 0 atom stereocenters. The van der Waals surface area contributed by atoms with Crippen LogP contribution >= 0.6 is 0 Å². The van der Waals surface area contributed by atoms with Crippen LogP contribution in [0.1, 0.15) is 27.2 Å². The fourth-order valence-corrected chi connectivity index (χ4v) is 6.49. The van der Waals surface area contributed by atoms with Gasteiger partial charge in [-0.15, -0.1) is 0 Å². The van der Waals surface area contributed by atoms with Crippen LogP contribution in [0.4, 0.5) is 0 Å². The van der Waals surface area contributed by atoms with Crippen LogP contribution < -0.4 is 0 Å². The van der Waals surface area contributed by atoms with Gasteiger partial charge in [0.1, 0.15) is 0 Å². The van der Waals surface area contributed by atoms with Crippen LogP contribution in [0.15, 0.2) is 12.2 Å². The fraction of sp³-hybridized carbons (Fsp3) is 0.769. The molecule has 0 fully saturated rings. The smallest absolute Gasteiger partial charge is 0.333 e. The predicted molar refractivity (Wildman–Crippen MR) is 82.3 cm³/mol. The zero-order valence-electron chi connectivity index (χ0n) is 12.8. The minimum absolute atomic E-state index is 0.0584. The highest BCUT2D eigenvalue weighted by atomic mass is 28.4. The zero-order valence-corrected chi connectivity index (χ0v) is 15.2. The minimum Gasteiger partial charge on any atom is -0.462 e. The Morgan fingerprint density at radius 1 is 1.33 bits per heavy atom. The van der Waals surface area contributed by atoms with E-state index < -0.39 is 8.32 Å². The molecule has 0 rings (SSSR count). The molecule has 0 heterocycles. The van der Waals surface area contributed by atoms with E-state index in [1.165, 1.54) is 0 Å². The average Bonchev–Trinajstić information content (AvgIpc) is 2.12. The number of hydrogen-bond donors (Lipinski definition) is 0. The molecule has 0 bridgehead atoms. The first-order valence-corrected chi connectivity index (χ1v) is 11.7. The third kappa shape index (κ3) is 9.62. The second-order valence-electron chi connectivity index (χ2n) is 6.35. The largest absolute Gasteiger partial charge is 0.462 e. The summed E-state index contributed by atoms with van der Waals surface area (Å²) in [4.78, 5) is 11.2. The molecular weight excluding hydrogens is 260 g/mol. The van der Waals surface area contributed by atoms with E-state index >= 15 is 0 Å². The molecule has 0 aromatic heterocycles. The van der Waals surface area contributed by atoms with Crippen molar-refractivity contribution in [1.82, 2.24) is 0 Å². The number of ether oxygens (including phenoxy) is 1. The number of esters is 1. The monoisotopic (exact) mass is 288 g/mol. The standard InChI is InChI=1S/C13H28O3Si2/c1-11(2)12(14)15-9-8-10-17-13(3,4)16-18(5,6)7/h1,8-10,17H2,2-7H3. The van der Waals surface area contributed by atoms with Gasteiger partial charge in [0.15, 0.2) is 8.32 Å². The first-order valence-electron chi connectivity index (χ1n) is 6.56. The van der Waals surface area contributed by atoms with Crippen molar-refractivity contribution in [2.75, 3.05) is 6.61 Å². The molecule has 0 aliphatic carbocycles. The van der Waals surface area contributed by atoms with Crippen molar-refractivity contribution in [1.29, 1.82) is 0 Å². The third-order valence-corrected chi connectivity index (χ3v) is 5.99. The molecule has 0 saturated heterocycles. The Kier molecular flexibility index (Phi) is 7.10. The summed E-state index contributed by atoms with van der Waals surface area (Å²) < 4.78 is 11.2. The summed E-state index contributed by atoms with van der Waals surface area (Å²) in [5.74, 6) is -0.283. The highest BCUT2D eigenvalue weighted by molar-refractivity contribution is 6.70. The molecule has 0 aromatic carbocycles. The van der Waals surface area contributed by atoms with Crippen molar-refractivity contribution in [3.63, 3.8) is 0 Å². The lowest BCUT2D eigenvalue weighted by molar-refractivity contribution is -0.138.